The molecule has 3 rings (SSSR count). The predicted molar refractivity (Wildman–Crippen MR) is 149 cm³/mol. The molecule has 212 valence electrons. The number of hydrogen-bond acceptors (Lipinski definition) is 8. The second kappa shape index (κ2) is 15.0. The molecule has 1 aromatic carbocycles. The highest BCUT2D eigenvalue weighted by Gasteiger charge is 2.28. The molecule has 2 aliphatic rings. The van der Waals surface area contributed by atoms with Crippen LogP contribution in [0.25, 0.3) is 4.91 Å². The molecular weight excluding hydrogens is 522 g/mol. The number of carbonyl (C=O) groups excluding carboxylic acids is 1. The summed E-state index contributed by atoms with van der Waals surface area (Å²) in [5.74, 6) is -0.648. The van der Waals surface area contributed by atoms with Crippen molar-refractivity contribution < 1.29 is 34.8 Å². The van der Waals surface area contributed by atoms with Crippen LogP contribution < -0.4 is 16.4 Å². The van der Waals surface area contributed by atoms with Crippen molar-refractivity contribution in [1.29, 1.82) is 0 Å². The molecule has 0 bridgehead atoms. The molecule has 39 heavy (non-hydrogen) atoms. The largest absolute Gasteiger partial charge is 0.481 e. The van der Waals surface area contributed by atoms with E-state index in [4.69, 9.17) is 15.9 Å². The molecular formula is C28H37N3O7S. The zero-order chi connectivity index (χ0) is 28.4. The number of allylic oxidation sites excluding steroid dienone is 5. The van der Waals surface area contributed by atoms with Crippen molar-refractivity contribution in [3.8, 4) is 0 Å². The lowest BCUT2D eigenvalue weighted by atomic mass is 9.88. The first-order chi connectivity index (χ1) is 18.6. The number of nitrogens with two attached hydrogens (primary N) is 1. The lowest BCUT2D eigenvalue weighted by Crippen LogP contribution is -2.57. The molecule has 4 unspecified atom stereocenters. The van der Waals surface area contributed by atoms with Crippen molar-refractivity contribution in [1.82, 2.24) is 10.6 Å². The summed E-state index contributed by atoms with van der Waals surface area (Å²) < 4.78 is 0. The Hall–Kier alpha value is -2.96. The van der Waals surface area contributed by atoms with Crippen LogP contribution in [-0.2, 0) is 20.8 Å². The Labute approximate surface area is 232 Å². The van der Waals surface area contributed by atoms with E-state index >= 15 is 0 Å². The van der Waals surface area contributed by atoms with E-state index in [0.717, 1.165) is 23.3 Å². The zero-order valence-electron chi connectivity index (χ0n) is 21.6. The van der Waals surface area contributed by atoms with E-state index in [1.54, 1.807) is 0 Å². The molecule has 0 spiro atoms. The molecule has 8 N–H and O–H groups in total. The molecule has 1 aliphatic carbocycles. The number of nitrogens with one attached hydrogen (secondary N) is 2. The highest BCUT2D eigenvalue weighted by atomic mass is 32.2. The third kappa shape index (κ3) is 9.94. The van der Waals surface area contributed by atoms with Gasteiger partial charge in [0.25, 0.3) is 0 Å². The zero-order valence-corrected chi connectivity index (χ0v) is 22.4. The number of benzene rings is 1. The average molecular weight is 560 g/mol. The monoisotopic (exact) mass is 559 g/mol. The number of aliphatic hydroxyl groups is 2. The number of carbonyl (C=O) groups is 3. The van der Waals surface area contributed by atoms with Crippen molar-refractivity contribution in [2.45, 2.75) is 63.1 Å². The van der Waals surface area contributed by atoms with E-state index in [-0.39, 0.29) is 19.3 Å². The Kier molecular flexibility index (Phi) is 11.8. The number of rotatable bonds is 15. The van der Waals surface area contributed by atoms with Crippen molar-refractivity contribution >= 4 is 34.5 Å². The molecule has 6 atom stereocenters. The second-order valence-electron chi connectivity index (χ2n) is 9.83. The smallest absolute Gasteiger partial charge is 0.305 e. The van der Waals surface area contributed by atoms with E-state index in [9.17, 15) is 24.6 Å². The van der Waals surface area contributed by atoms with Gasteiger partial charge in [-0.25, -0.2) is 0 Å². The number of hydrogen-bond donors (Lipinski definition) is 7. The Morgan fingerprint density at radius 3 is 2.36 bits per heavy atom. The Bertz CT molecular complexity index is 1090. The molecule has 0 saturated carbocycles. The minimum absolute atomic E-state index is 0.106. The third-order valence-electron chi connectivity index (χ3n) is 6.83. The topological polar surface area (TPSA) is 182 Å². The molecule has 11 heteroatoms. The van der Waals surface area contributed by atoms with Gasteiger partial charge in [0.05, 0.1) is 18.5 Å². The number of aliphatic carboxylic acids is 2. The number of aliphatic hydroxyl groups excluding tert-OH is 2. The van der Waals surface area contributed by atoms with E-state index in [2.05, 4.69) is 53.1 Å². The van der Waals surface area contributed by atoms with Gasteiger partial charge in [-0.1, -0.05) is 54.6 Å². The molecule has 0 aromatic heterocycles. The summed E-state index contributed by atoms with van der Waals surface area (Å²) in [6.07, 6.45) is 8.53. The molecule has 10 nitrogen and oxygen atoms in total. The maximum Gasteiger partial charge on any atom is 0.305 e. The Morgan fingerprint density at radius 2 is 1.74 bits per heavy atom. The Morgan fingerprint density at radius 1 is 1.00 bits per heavy atom. The highest BCUT2D eigenvalue weighted by Crippen LogP contribution is 2.41. The van der Waals surface area contributed by atoms with E-state index in [1.807, 2.05) is 23.9 Å². The minimum atomic E-state index is -1.58. The van der Waals surface area contributed by atoms with Gasteiger partial charge >= 0.3 is 11.9 Å². The quantitative estimate of drug-likeness (QED) is 0.157. The number of carboxylic acids is 2. The fraction of sp³-hybridized carbons (Fsp3) is 0.464. The van der Waals surface area contributed by atoms with Crippen LogP contribution >= 0.6 is 11.8 Å². The van der Waals surface area contributed by atoms with Gasteiger partial charge in [-0.15, -0.1) is 11.8 Å². The fourth-order valence-electron chi connectivity index (χ4n) is 4.58. The summed E-state index contributed by atoms with van der Waals surface area (Å²) in [4.78, 5) is 36.0. The summed E-state index contributed by atoms with van der Waals surface area (Å²) in [6, 6.07) is 5.85. The van der Waals surface area contributed by atoms with Crippen LogP contribution in [0.2, 0.25) is 0 Å². The van der Waals surface area contributed by atoms with Gasteiger partial charge < -0.3 is 31.5 Å². The summed E-state index contributed by atoms with van der Waals surface area (Å²) in [5, 5.41) is 43.3. The molecule has 0 radical (unpaired) electrons. The lowest BCUT2D eigenvalue weighted by molar-refractivity contribution is -0.139. The van der Waals surface area contributed by atoms with Gasteiger partial charge in [0.15, 0.2) is 0 Å². The first-order valence-corrected chi connectivity index (χ1v) is 14.0. The van der Waals surface area contributed by atoms with Crippen molar-refractivity contribution in [3.05, 3.63) is 65.8 Å². The van der Waals surface area contributed by atoms with E-state index in [0.29, 0.717) is 18.3 Å². The molecule has 1 aromatic rings. The van der Waals surface area contributed by atoms with Crippen LogP contribution in [0.1, 0.15) is 43.2 Å². The number of amides is 1. The van der Waals surface area contributed by atoms with Crippen LogP contribution in [0, 0.1) is 11.8 Å². The minimum Gasteiger partial charge on any atom is -0.481 e. The van der Waals surface area contributed by atoms with Gasteiger partial charge in [0, 0.05) is 23.5 Å². The molecule has 1 amide bonds. The highest BCUT2D eigenvalue weighted by molar-refractivity contribution is 8.08. The Balaban J connectivity index is 1.53. The predicted octanol–water partition coefficient (Wildman–Crippen LogP) is 1.83. The van der Waals surface area contributed by atoms with Crippen molar-refractivity contribution in [3.63, 3.8) is 0 Å². The van der Waals surface area contributed by atoms with Crippen LogP contribution in [-0.4, -0.2) is 68.6 Å². The van der Waals surface area contributed by atoms with E-state index in [1.165, 1.54) is 4.91 Å². The first kappa shape index (κ1) is 30.6. The summed E-state index contributed by atoms with van der Waals surface area (Å²) in [5.41, 5.74) is 7.49. The fourth-order valence-corrected chi connectivity index (χ4v) is 5.87. The second-order valence-corrected chi connectivity index (χ2v) is 10.9. The maximum atomic E-state index is 12.6. The van der Waals surface area contributed by atoms with E-state index < -0.39 is 48.8 Å². The summed E-state index contributed by atoms with van der Waals surface area (Å²) in [7, 11) is 0. The number of carboxylic acid groups (broad SMARTS) is 2. The third-order valence-corrected chi connectivity index (χ3v) is 8.06. The molecule has 0 fully saturated rings. The lowest BCUT2D eigenvalue weighted by Gasteiger charge is -2.29. The van der Waals surface area contributed by atoms with Crippen LogP contribution in [0.5, 0.6) is 0 Å². The van der Waals surface area contributed by atoms with Crippen molar-refractivity contribution in [2.24, 2.45) is 17.6 Å². The summed E-state index contributed by atoms with van der Waals surface area (Å²) in [6.45, 7) is 0. The van der Waals surface area contributed by atoms with Gasteiger partial charge in [-0.2, -0.15) is 0 Å². The molecule has 1 heterocycles. The van der Waals surface area contributed by atoms with Gasteiger partial charge in [-0.3, -0.25) is 19.7 Å². The van der Waals surface area contributed by atoms with Gasteiger partial charge in [-0.05, 0) is 42.2 Å². The normalized spacial score (nSPS) is 21.6. The standard InChI is InChI=1S/C28H37N3O7S/c29-27(37)22(15-26(35)36)31-28(38)21(11-13-25(33)34)30-24(32)12-8-17-6-9-19(10-7-17)23-14-20(16-39-23)18-4-2-1-3-5-18/h1-4,6-7,9-10,14,18,20-22,27-28,31,37-38H,5,8,11-13,15-16,29H2,(H,30,32)(H,33,34)(H,35,36)/t18?,20?,21-,22+,27?,28?/m0/s1. The maximum absolute atomic E-state index is 12.6. The number of thioether (sulfide) groups is 1. The molecule has 0 saturated heterocycles. The average Bonchev–Trinajstić information content (AvgIpc) is 3.40. The van der Waals surface area contributed by atoms with Gasteiger partial charge in [0.1, 0.15) is 12.5 Å². The van der Waals surface area contributed by atoms with Gasteiger partial charge in [0.2, 0.25) is 5.91 Å². The number of aryl methyl sites for hydroxylation is 1. The van der Waals surface area contributed by atoms with Crippen molar-refractivity contribution in [2.75, 3.05) is 5.75 Å². The van der Waals surface area contributed by atoms with Crippen LogP contribution in [0.4, 0.5) is 0 Å². The SMILES string of the molecule is NC(O)[C@@H](CC(=O)O)NC(O)[C@H](CCC(=O)O)NC(=O)CCc1ccc(C2=CC(C3C=CC=CC3)CS2)cc1. The summed E-state index contributed by atoms with van der Waals surface area (Å²) >= 11 is 1.86. The van der Waals surface area contributed by atoms with Crippen LogP contribution in [0.15, 0.2) is 54.6 Å². The van der Waals surface area contributed by atoms with Crippen LogP contribution in [0.3, 0.4) is 0 Å². The first-order valence-electron chi connectivity index (χ1n) is 13.0. The molecule has 1 aliphatic heterocycles.